The molecule has 0 radical (unpaired) electrons. The molecule has 0 aliphatic rings. The lowest BCUT2D eigenvalue weighted by molar-refractivity contribution is 0.570. The van der Waals surface area contributed by atoms with E-state index in [1.807, 2.05) is 27.4 Å². The smallest absolute Gasteiger partial charge is 0.135 e. The van der Waals surface area contributed by atoms with Crippen molar-refractivity contribution >= 4 is 15.3 Å². The van der Waals surface area contributed by atoms with Crippen molar-refractivity contribution in [3.8, 4) is 0 Å². The van der Waals surface area contributed by atoms with E-state index in [-0.39, 0.29) is 0 Å². The first kappa shape index (κ1) is 9.32. The largest absolute Gasteiger partial charge is 0.299 e. The summed E-state index contributed by atoms with van der Waals surface area (Å²) in [6, 6.07) is 10.9. The summed E-state index contributed by atoms with van der Waals surface area (Å²) in [6.45, 7) is 2.08. The number of benzene rings is 1. The highest BCUT2D eigenvalue weighted by molar-refractivity contribution is 7.36. The van der Waals surface area contributed by atoms with Crippen molar-refractivity contribution in [3.63, 3.8) is 0 Å². The minimum atomic E-state index is 0.667. The van der Waals surface area contributed by atoms with Crippen molar-refractivity contribution in [3.05, 3.63) is 35.9 Å². The zero-order valence-electron chi connectivity index (χ0n) is 5.95. The molecule has 0 spiro atoms. The topological polar surface area (TPSA) is 17.1 Å². The van der Waals surface area contributed by atoms with Crippen LogP contribution in [0, 0.1) is 6.92 Å². The molecule has 0 aliphatic heterocycles. The van der Waals surface area contributed by atoms with Gasteiger partial charge in [0, 0.05) is 0 Å². The summed E-state index contributed by atoms with van der Waals surface area (Å²) in [5, 5.41) is 0. The van der Waals surface area contributed by atoms with Gasteiger partial charge in [-0.05, 0) is 6.92 Å². The zero-order chi connectivity index (χ0) is 7.82. The van der Waals surface area contributed by atoms with Gasteiger partial charge in [0.25, 0.3) is 0 Å². The molecule has 1 nitrogen and oxygen atoms in total. The molecular weight excluding hydrogens is 143 g/mol. The maximum atomic E-state index is 8.77. The predicted octanol–water partition coefficient (Wildman–Crippen LogP) is 2.05. The van der Waals surface area contributed by atoms with Gasteiger partial charge in [0.05, 0.1) is 0 Å². The summed E-state index contributed by atoms with van der Waals surface area (Å²) in [5.74, 6) is 0. The summed E-state index contributed by atoms with van der Waals surface area (Å²) < 4.78 is 0. The molecule has 1 aromatic rings. The second kappa shape index (κ2) is 6.44. The van der Waals surface area contributed by atoms with Gasteiger partial charge in [-0.2, -0.15) is 0 Å². The Hall–Kier alpha value is -0.680. The van der Waals surface area contributed by atoms with Gasteiger partial charge < -0.3 is 0 Å². The van der Waals surface area contributed by atoms with Gasteiger partial charge in [0.15, 0.2) is 0 Å². The fourth-order valence-electron chi connectivity index (χ4n) is 0.534. The molecule has 0 N–H and O–H groups in total. The van der Waals surface area contributed by atoms with Crippen molar-refractivity contribution in [2.45, 2.75) is 6.92 Å². The second-order valence-electron chi connectivity index (χ2n) is 1.79. The van der Waals surface area contributed by atoms with E-state index >= 15 is 0 Å². The standard InChI is InChI=1S/C7H8.CH3OP/c1-7-5-3-2-4-6-7;2-1-3/h2-6H,1H3;1H,3H2. The number of carbonyl (C=O) groups is 1. The first-order valence-electron chi connectivity index (χ1n) is 2.98. The normalized spacial score (nSPS) is 7.40. The van der Waals surface area contributed by atoms with Crippen LogP contribution in [0.2, 0.25) is 0 Å². The van der Waals surface area contributed by atoms with Crippen LogP contribution in [0.1, 0.15) is 5.56 Å². The predicted molar refractivity (Wildman–Crippen MR) is 47.6 cm³/mol. The van der Waals surface area contributed by atoms with Crippen LogP contribution < -0.4 is 0 Å². The van der Waals surface area contributed by atoms with Crippen LogP contribution in [0.5, 0.6) is 0 Å². The molecule has 1 aromatic carbocycles. The van der Waals surface area contributed by atoms with E-state index < -0.39 is 0 Å². The van der Waals surface area contributed by atoms with Crippen LogP contribution in [-0.4, -0.2) is 6.03 Å². The molecule has 54 valence electrons. The Morgan fingerprint density at radius 3 is 1.90 bits per heavy atom. The van der Waals surface area contributed by atoms with Crippen molar-refractivity contribution in [1.29, 1.82) is 0 Å². The third kappa shape index (κ3) is 5.46. The molecule has 2 heteroatoms. The number of hydrogen-bond donors (Lipinski definition) is 0. The number of aryl methyl sites for hydroxylation is 1. The van der Waals surface area contributed by atoms with Gasteiger partial charge >= 0.3 is 0 Å². The Bertz CT molecular complexity index is 172. The Balaban J connectivity index is 0.000000236. The summed E-state index contributed by atoms with van der Waals surface area (Å²) in [6.07, 6.45) is 0. The Morgan fingerprint density at radius 1 is 1.30 bits per heavy atom. The summed E-state index contributed by atoms with van der Waals surface area (Å²) in [5.41, 5.74) is 1.32. The lowest BCUT2D eigenvalue weighted by Crippen LogP contribution is -1.62. The van der Waals surface area contributed by atoms with Gasteiger partial charge in [-0.3, -0.25) is 4.79 Å². The average molecular weight is 154 g/mol. The lowest BCUT2D eigenvalue weighted by atomic mass is 10.2. The molecule has 0 heterocycles. The van der Waals surface area contributed by atoms with Crippen LogP contribution in [0.15, 0.2) is 30.3 Å². The maximum Gasteiger partial charge on any atom is 0.135 e. The highest BCUT2D eigenvalue weighted by Crippen LogP contribution is 1.92. The summed E-state index contributed by atoms with van der Waals surface area (Å²) >= 11 is 0. The van der Waals surface area contributed by atoms with Gasteiger partial charge in [-0.25, -0.2) is 0 Å². The number of rotatable bonds is 0. The molecule has 10 heavy (non-hydrogen) atoms. The van der Waals surface area contributed by atoms with Gasteiger partial charge in [-0.1, -0.05) is 45.1 Å². The van der Waals surface area contributed by atoms with Crippen molar-refractivity contribution < 1.29 is 4.79 Å². The van der Waals surface area contributed by atoms with Gasteiger partial charge in [-0.15, -0.1) is 0 Å². The van der Waals surface area contributed by atoms with Crippen LogP contribution in [-0.2, 0) is 4.79 Å². The minimum Gasteiger partial charge on any atom is -0.299 e. The molecule has 0 amide bonds. The molecular formula is C8H11OP. The summed E-state index contributed by atoms with van der Waals surface area (Å²) in [4.78, 5) is 8.77. The van der Waals surface area contributed by atoms with E-state index in [1.54, 1.807) is 0 Å². The molecule has 0 saturated carbocycles. The molecule has 0 aromatic heterocycles. The monoisotopic (exact) mass is 154 g/mol. The number of hydrogen-bond acceptors (Lipinski definition) is 1. The molecule has 0 aliphatic carbocycles. The third-order valence-electron chi connectivity index (χ3n) is 0.940. The SMILES string of the molecule is Cc1ccccc1.O=CP. The molecule has 0 saturated heterocycles. The highest BCUT2D eigenvalue weighted by atomic mass is 31.0. The van der Waals surface area contributed by atoms with E-state index in [4.69, 9.17) is 4.79 Å². The lowest BCUT2D eigenvalue weighted by Gasteiger charge is -1.82. The fraction of sp³-hybridized carbons (Fsp3) is 0.125. The fourth-order valence-corrected chi connectivity index (χ4v) is 0.534. The van der Waals surface area contributed by atoms with Crippen molar-refractivity contribution in [2.24, 2.45) is 0 Å². The molecule has 1 unspecified atom stereocenters. The number of carbonyl (C=O) groups excluding carboxylic acids is 1. The molecule has 0 fully saturated rings. The van der Waals surface area contributed by atoms with E-state index in [2.05, 4.69) is 19.1 Å². The van der Waals surface area contributed by atoms with E-state index in [1.165, 1.54) is 5.56 Å². The Labute approximate surface area is 63.7 Å². The second-order valence-corrected chi connectivity index (χ2v) is 2.06. The van der Waals surface area contributed by atoms with Crippen LogP contribution in [0.4, 0.5) is 0 Å². The quantitative estimate of drug-likeness (QED) is 0.413. The third-order valence-corrected chi connectivity index (χ3v) is 0.940. The van der Waals surface area contributed by atoms with Crippen molar-refractivity contribution in [2.75, 3.05) is 0 Å². The van der Waals surface area contributed by atoms with Crippen LogP contribution in [0.25, 0.3) is 0 Å². The molecule has 1 atom stereocenters. The average Bonchev–Trinajstić information content (AvgIpc) is 1.91. The van der Waals surface area contributed by atoms with E-state index in [0.29, 0.717) is 6.03 Å². The zero-order valence-corrected chi connectivity index (χ0v) is 7.10. The first-order chi connectivity index (χ1) is 4.81. The molecule has 1 rings (SSSR count). The molecule has 0 bridgehead atoms. The van der Waals surface area contributed by atoms with Gasteiger partial charge in [0.1, 0.15) is 6.03 Å². The van der Waals surface area contributed by atoms with Crippen LogP contribution in [0.3, 0.4) is 0 Å². The summed E-state index contributed by atoms with van der Waals surface area (Å²) in [7, 11) is 1.90. The minimum absolute atomic E-state index is 0.667. The van der Waals surface area contributed by atoms with Crippen LogP contribution >= 0.6 is 9.24 Å². The maximum absolute atomic E-state index is 8.77. The highest BCUT2D eigenvalue weighted by Gasteiger charge is 1.72. The van der Waals surface area contributed by atoms with E-state index in [9.17, 15) is 0 Å². The Kier molecular flexibility index (Phi) is 6.00. The Morgan fingerprint density at radius 2 is 1.70 bits per heavy atom. The van der Waals surface area contributed by atoms with E-state index in [0.717, 1.165) is 0 Å². The van der Waals surface area contributed by atoms with Crippen molar-refractivity contribution in [1.82, 2.24) is 0 Å². The first-order valence-corrected chi connectivity index (χ1v) is 3.65. The van der Waals surface area contributed by atoms with Gasteiger partial charge in [0.2, 0.25) is 0 Å².